The van der Waals surface area contributed by atoms with E-state index in [-0.39, 0.29) is 17.5 Å². The lowest BCUT2D eigenvalue weighted by molar-refractivity contribution is -0.633. The molecule has 0 aliphatic heterocycles. The molecule has 5 heteroatoms. The van der Waals surface area contributed by atoms with Gasteiger partial charge in [-0.15, -0.1) is 0 Å². The Balaban J connectivity index is 1.48. The van der Waals surface area contributed by atoms with Gasteiger partial charge in [0.15, 0.2) is 27.8 Å². The van der Waals surface area contributed by atoms with E-state index in [0.29, 0.717) is 16.7 Å². The van der Waals surface area contributed by atoms with E-state index in [1.807, 2.05) is 12.1 Å². The molecule has 0 N–H and O–H groups in total. The third kappa shape index (κ3) is 4.56. The van der Waals surface area contributed by atoms with Gasteiger partial charge >= 0.3 is 0 Å². The fraction of sp³-hybridized carbons (Fsp3) is 0.214. The highest BCUT2D eigenvalue weighted by Gasteiger charge is 2.34. The maximum absolute atomic E-state index is 7.87. The first kappa shape index (κ1) is 25.9. The van der Waals surface area contributed by atoms with Gasteiger partial charge in [0.2, 0.25) is 0 Å². The largest absolute Gasteiger partial charge is 0.453 e. The average Bonchev–Trinajstić information content (AvgIpc) is 3.60. The second-order valence-electron chi connectivity index (χ2n) is 13.2. The minimum atomic E-state index is -2.32. The minimum absolute atomic E-state index is 0.0259. The summed E-state index contributed by atoms with van der Waals surface area (Å²) in [5.41, 5.74) is 12.9. The van der Waals surface area contributed by atoms with E-state index < -0.39 is 6.85 Å². The number of hydrogen-bond donors (Lipinski definition) is 0. The zero-order valence-electron chi connectivity index (χ0n) is 30.6. The molecule has 0 bridgehead atoms. The molecule has 4 heterocycles. The summed E-state index contributed by atoms with van der Waals surface area (Å²) in [5, 5.41) is 1.58. The molecule has 47 heavy (non-hydrogen) atoms. The van der Waals surface area contributed by atoms with Crippen LogP contribution in [0, 0.1) is 13.8 Å². The molecule has 0 saturated carbocycles. The zero-order valence-corrected chi connectivity index (χ0v) is 27.6. The number of para-hydroxylation sites is 2. The number of aromatic nitrogens is 4. The van der Waals surface area contributed by atoms with Crippen molar-refractivity contribution in [2.45, 2.75) is 53.3 Å². The van der Waals surface area contributed by atoms with E-state index in [1.165, 1.54) is 27.9 Å². The summed E-state index contributed by atoms with van der Waals surface area (Å²) in [6, 6.07) is 33.3. The van der Waals surface area contributed by atoms with Crippen molar-refractivity contribution < 1.29 is 13.1 Å². The van der Waals surface area contributed by atoms with Gasteiger partial charge in [-0.1, -0.05) is 76.2 Å². The van der Waals surface area contributed by atoms with Crippen LogP contribution >= 0.6 is 0 Å². The van der Waals surface area contributed by atoms with Gasteiger partial charge in [-0.2, -0.15) is 4.57 Å². The molecular formula is C42H39N4O+. The molecule has 8 aromatic rings. The predicted molar refractivity (Wildman–Crippen MR) is 193 cm³/mol. The number of furan rings is 1. The maximum atomic E-state index is 7.87. The summed E-state index contributed by atoms with van der Waals surface area (Å²) < 4.78 is 35.1. The molecule has 8 rings (SSSR count). The van der Waals surface area contributed by atoms with Crippen molar-refractivity contribution in [3.63, 3.8) is 0 Å². The van der Waals surface area contributed by atoms with Gasteiger partial charge in [-0.05, 0) is 90.8 Å². The second kappa shape index (κ2) is 10.9. The zero-order chi connectivity index (χ0) is 35.1. The van der Waals surface area contributed by atoms with Crippen LogP contribution in [-0.4, -0.2) is 14.5 Å². The van der Waals surface area contributed by atoms with Crippen molar-refractivity contribution in [2.75, 3.05) is 0 Å². The van der Waals surface area contributed by atoms with Gasteiger partial charge in [0, 0.05) is 31.7 Å². The molecule has 4 aromatic heterocycles. The Morgan fingerprint density at radius 2 is 1.51 bits per heavy atom. The van der Waals surface area contributed by atoms with Gasteiger partial charge < -0.3 is 4.42 Å². The van der Waals surface area contributed by atoms with Gasteiger partial charge in [0.1, 0.15) is 16.8 Å². The molecule has 0 amide bonds. The van der Waals surface area contributed by atoms with Crippen molar-refractivity contribution in [1.29, 1.82) is 0 Å². The smallest absolute Gasteiger partial charge is 0.299 e. The van der Waals surface area contributed by atoms with Crippen molar-refractivity contribution in [1.82, 2.24) is 14.5 Å². The summed E-state index contributed by atoms with van der Waals surface area (Å²) >= 11 is 0. The van der Waals surface area contributed by atoms with Gasteiger partial charge in [0.25, 0.3) is 5.82 Å². The molecule has 0 aliphatic carbocycles. The molecule has 0 unspecified atom stereocenters. The fourth-order valence-electron chi connectivity index (χ4n) is 7.10. The summed E-state index contributed by atoms with van der Waals surface area (Å²) in [4.78, 5) is 9.33. The van der Waals surface area contributed by atoms with Crippen LogP contribution in [0.25, 0.3) is 72.3 Å². The Kier molecular flexibility index (Phi) is 6.00. The lowest BCUT2D eigenvalue weighted by Gasteiger charge is -2.21. The minimum Gasteiger partial charge on any atom is -0.453 e. The van der Waals surface area contributed by atoms with E-state index in [2.05, 4.69) is 129 Å². The first-order valence-electron chi connectivity index (χ1n) is 17.8. The third-order valence-electron chi connectivity index (χ3n) is 9.46. The topological polar surface area (TPSA) is 47.7 Å². The number of imidazole rings is 1. The van der Waals surface area contributed by atoms with E-state index in [9.17, 15) is 0 Å². The molecule has 0 fully saturated rings. The molecular weight excluding hydrogens is 576 g/mol. The molecule has 0 radical (unpaired) electrons. The number of nitrogens with zero attached hydrogens (tertiary/aromatic N) is 4. The molecule has 0 aliphatic rings. The summed E-state index contributed by atoms with van der Waals surface area (Å²) in [5.74, 6) is 1.51. The first-order chi connectivity index (χ1) is 23.9. The van der Waals surface area contributed by atoms with Crippen LogP contribution in [0.15, 0.2) is 101 Å². The van der Waals surface area contributed by atoms with Crippen LogP contribution < -0.4 is 4.57 Å². The fourth-order valence-corrected chi connectivity index (χ4v) is 7.10. The number of benzene rings is 4. The van der Waals surface area contributed by atoms with E-state index in [0.717, 1.165) is 44.3 Å². The predicted octanol–water partition coefficient (Wildman–Crippen LogP) is 10.5. The monoisotopic (exact) mass is 618 g/mol. The summed E-state index contributed by atoms with van der Waals surface area (Å²) in [7, 11) is 2.13. The van der Waals surface area contributed by atoms with E-state index in [1.54, 1.807) is 12.1 Å². The molecule has 4 aromatic carbocycles. The summed E-state index contributed by atoms with van der Waals surface area (Å²) in [6.07, 6.45) is 0. The number of aryl methyl sites for hydroxylation is 3. The Morgan fingerprint density at radius 1 is 0.787 bits per heavy atom. The molecule has 0 spiro atoms. The van der Waals surface area contributed by atoms with Crippen LogP contribution in [-0.2, 0) is 7.05 Å². The van der Waals surface area contributed by atoms with Crippen LogP contribution in [0.2, 0.25) is 0 Å². The number of pyridine rings is 2. The second-order valence-corrected chi connectivity index (χ2v) is 13.2. The van der Waals surface area contributed by atoms with Gasteiger partial charge in [-0.3, -0.25) is 0 Å². The van der Waals surface area contributed by atoms with E-state index >= 15 is 0 Å². The quantitative estimate of drug-likeness (QED) is 0.180. The highest BCUT2D eigenvalue weighted by Crippen LogP contribution is 2.43. The van der Waals surface area contributed by atoms with Crippen LogP contribution in [0.3, 0.4) is 0 Å². The molecule has 0 saturated heterocycles. The van der Waals surface area contributed by atoms with Crippen molar-refractivity contribution >= 4 is 44.1 Å². The highest BCUT2D eigenvalue weighted by molar-refractivity contribution is 6.10. The van der Waals surface area contributed by atoms with Crippen molar-refractivity contribution in [3.8, 4) is 28.2 Å². The number of rotatable bonds is 5. The standard InChI is InChI=1S/C42H39N4O/c1-24(2)32-21-30(28-13-9-8-10-14-28)22-33(25(3)4)39(32)46-35-16-12-11-15-34(35)45(7)42(46)37-26(5)17-20-31-38-36(47-40(31)37)23-29-19-18-27(6)43-41(29)44-38/h8-25H,1-7H3/q+1/i6D3. The van der Waals surface area contributed by atoms with Crippen LogP contribution in [0.4, 0.5) is 0 Å². The van der Waals surface area contributed by atoms with Crippen LogP contribution in [0.5, 0.6) is 0 Å². The first-order valence-corrected chi connectivity index (χ1v) is 16.3. The average molecular weight is 619 g/mol. The lowest BCUT2D eigenvalue weighted by Crippen LogP contribution is -2.30. The maximum Gasteiger partial charge on any atom is 0.299 e. The molecule has 0 atom stereocenters. The number of hydrogen-bond acceptors (Lipinski definition) is 3. The van der Waals surface area contributed by atoms with Crippen LogP contribution in [0.1, 0.15) is 66.0 Å². The lowest BCUT2D eigenvalue weighted by atomic mass is 9.88. The Labute approximate surface area is 279 Å². The third-order valence-corrected chi connectivity index (χ3v) is 9.46. The van der Waals surface area contributed by atoms with Crippen molar-refractivity contribution in [3.05, 3.63) is 119 Å². The summed E-state index contributed by atoms with van der Waals surface area (Å²) in [6.45, 7) is 8.90. The SMILES string of the molecule is [2H]C([2H])([2H])c1ccc2cc3oc4c(-c5n(-c6c(C(C)C)cc(-c7ccccc7)cc6C(C)C)c6ccccc6[n+]5C)c(C)ccc4c3nc2n1. The number of fused-ring (bicyclic) bond motifs is 5. The Hall–Kier alpha value is -5.29. The Morgan fingerprint density at radius 3 is 2.23 bits per heavy atom. The molecule has 232 valence electrons. The highest BCUT2D eigenvalue weighted by atomic mass is 16.3. The van der Waals surface area contributed by atoms with Gasteiger partial charge in [-0.25, -0.2) is 14.5 Å². The Bertz CT molecular complexity index is 2580. The van der Waals surface area contributed by atoms with Crippen molar-refractivity contribution in [2.24, 2.45) is 7.05 Å². The molecule has 5 nitrogen and oxygen atoms in total. The normalized spacial score (nSPS) is 13.3. The van der Waals surface area contributed by atoms with Gasteiger partial charge in [0.05, 0.1) is 7.05 Å². The van der Waals surface area contributed by atoms with E-state index in [4.69, 9.17) is 13.5 Å².